The lowest BCUT2D eigenvalue weighted by atomic mass is 9.94. The van der Waals surface area contributed by atoms with E-state index >= 15 is 0 Å². The predicted octanol–water partition coefficient (Wildman–Crippen LogP) is 1.70. The number of nitrogens with one attached hydrogen (secondary N) is 1. The van der Waals surface area contributed by atoms with Crippen molar-refractivity contribution in [3.05, 3.63) is 23.8 Å². The van der Waals surface area contributed by atoms with E-state index in [4.69, 9.17) is 4.74 Å². The Morgan fingerprint density at radius 1 is 1.35 bits per heavy atom. The van der Waals surface area contributed by atoms with E-state index in [9.17, 15) is 8.42 Å². The molecule has 0 unspecified atom stereocenters. The van der Waals surface area contributed by atoms with Crippen LogP contribution in [0.25, 0.3) is 0 Å². The van der Waals surface area contributed by atoms with E-state index in [2.05, 4.69) is 4.72 Å². The Kier molecular flexibility index (Phi) is 2.91. The van der Waals surface area contributed by atoms with E-state index in [0.29, 0.717) is 4.90 Å². The van der Waals surface area contributed by atoms with E-state index in [1.54, 1.807) is 18.2 Å². The molecule has 0 bridgehead atoms. The van der Waals surface area contributed by atoms with Crippen LogP contribution in [0.15, 0.2) is 23.1 Å². The number of hydrogen-bond acceptors (Lipinski definition) is 3. The number of benzene rings is 1. The highest BCUT2D eigenvalue weighted by atomic mass is 32.2. The molecule has 0 saturated heterocycles. The first-order valence-electron chi connectivity index (χ1n) is 5.59. The molecule has 2 rings (SSSR count). The van der Waals surface area contributed by atoms with Gasteiger partial charge in [-0.2, -0.15) is 0 Å². The third-order valence-corrected chi connectivity index (χ3v) is 4.41. The molecule has 0 saturated carbocycles. The summed E-state index contributed by atoms with van der Waals surface area (Å²) in [5.41, 5.74) is 0.789. The summed E-state index contributed by atoms with van der Waals surface area (Å²) in [7, 11) is -1.95. The number of hydrogen-bond donors (Lipinski definition) is 1. The van der Waals surface area contributed by atoms with Crippen LogP contribution in [0.1, 0.15) is 25.8 Å². The van der Waals surface area contributed by atoms with Crippen molar-refractivity contribution in [1.29, 1.82) is 0 Å². The lowest BCUT2D eigenvalue weighted by molar-refractivity contribution is 0.0845. The van der Waals surface area contributed by atoms with E-state index in [0.717, 1.165) is 24.2 Å². The van der Waals surface area contributed by atoms with Gasteiger partial charge in [-0.25, -0.2) is 13.1 Å². The molecule has 5 heteroatoms. The topological polar surface area (TPSA) is 55.4 Å². The zero-order valence-corrected chi connectivity index (χ0v) is 11.1. The minimum Gasteiger partial charge on any atom is -0.488 e. The first-order chi connectivity index (χ1) is 7.84. The minimum absolute atomic E-state index is 0.170. The van der Waals surface area contributed by atoms with Crippen LogP contribution in [-0.4, -0.2) is 21.1 Å². The van der Waals surface area contributed by atoms with Gasteiger partial charge in [0, 0.05) is 0 Å². The highest BCUT2D eigenvalue weighted by Crippen LogP contribution is 2.34. The number of ether oxygens (including phenoxy) is 1. The molecule has 0 radical (unpaired) electrons. The number of aryl methyl sites for hydroxylation is 1. The number of sulfonamides is 1. The maximum atomic E-state index is 11.7. The summed E-state index contributed by atoms with van der Waals surface area (Å²) in [5, 5.41) is 0. The van der Waals surface area contributed by atoms with Gasteiger partial charge in [0.15, 0.2) is 0 Å². The summed E-state index contributed by atoms with van der Waals surface area (Å²) in [6.45, 7) is 4.07. The van der Waals surface area contributed by atoms with Crippen LogP contribution in [0.4, 0.5) is 0 Å². The summed E-state index contributed by atoms with van der Waals surface area (Å²) in [5.74, 6) is 0.788. The van der Waals surface area contributed by atoms with Crippen molar-refractivity contribution < 1.29 is 13.2 Å². The quantitative estimate of drug-likeness (QED) is 0.875. The number of fused-ring (bicyclic) bond motifs is 1. The molecule has 1 N–H and O–H groups in total. The molecular formula is C12H17NO3S. The molecule has 1 aromatic rings. The van der Waals surface area contributed by atoms with Gasteiger partial charge in [0.05, 0.1) is 4.90 Å². The van der Waals surface area contributed by atoms with Crippen molar-refractivity contribution in [3.8, 4) is 5.75 Å². The van der Waals surface area contributed by atoms with Crippen LogP contribution in [0.5, 0.6) is 5.75 Å². The molecule has 1 heterocycles. The second-order valence-corrected chi connectivity index (χ2v) is 6.73. The molecule has 0 aliphatic carbocycles. The zero-order valence-electron chi connectivity index (χ0n) is 10.3. The summed E-state index contributed by atoms with van der Waals surface area (Å²) >= 11 is 0. The molecule has 4 nitrogen and oxygen atoms in total. The molecule has 0 atom stereocenters. The number of rotatable bonds is 2. The molecule has 0 amide bonds. The Bertz CT molecular complexity index is 535. The first-order valence-corrected chi connectivity index (χ1v) is 7.08. The second kappa shape index (κ2) is 3.99. The normalized spacial score (nSPS) is 18.3. The Balaban J connectivity index is 2.41. The van der Waals surface area contributed by atoms with Gasteiger partial charge in [-0.3, -0.25) is 0 Å². The third kappa shape index (κ3) is 2.45. The van der Waals surface area contributed by atoms with Crippen LogP contribution in [0.3, 0.4) is 0 Å². The Labute approximate surface area is 102 Å². The smallest absolute Gasteiger partial charge is 0.240 e. The van der Waals surface area contributed by atoms with Crippen LogP contribution in [0.2, 0.25) is 0 Å². The summed E-state index contributed by atoms with van der Waals surface area (Å²) < 4.78 is 31.4. The first kappa shape index (κ1) is 12.4. The van der Waals surface area contributed by atoms with Gasteiger partial charge in [-0.15, -0.1) is 0 Å². The van der Waals surface area contributed by atoms with Crippen molar-refractivity contribution in [1.82, 2.24) is 4.72 Å². The van der Waals surface area contributed by atoms with Crippen molar-refractivity contribution in [3.63, 3.8) is 0 Å². The van der Waals surface area contributed by atoms with Crippen LogP contribution in [-0.2, 0) is 16.4 Å². The summed E-state index contributed by atoms with van der Waals surface area (Å²) in [6, 6.07) is 5.00. The largest absolute Gasteiger partial charge is 0.488 e. The summed E-state index contributed by atoms with van der Waals surface area (Å²) in [4.78, 5) is 0.294. The minimum atomic E-state index is -3.37. The van der Waals surface area contributed by atoms with Crippen LogP contribution < -0.4 is 9.46 Å². The average molecular weight is 255 g/mol. The lowest BCUT2D eigenvalue weighted by Gasteiger charge is -2.32. The highest BCUT2D eigenvalue weighted by Gasteiger charge is 2.27. The molecule has 94 valence electrons. The lowest BCUT2D eigenvalue weighted by Crippen LogP contribution is -2.32. The van der Waals surface area contributed by atoms with Crippen molar-refractivity contribution >= 4 is 10.0 Å². The molecule has 17 heavy (non-hydrogen) atoms. The van der Waals surface area contributed by atoms with Gasteiger partial charge in [0.2, 0.25) is 10.0 Å². The van der Waals surface area contributed by atoms with Crippen LogP contribution >= 0.6 is 0 Å². The van der Waals surface area contributed by atoms with Crippen molar-refractivity contribution in [2.75, 3.05) is 7.05 Å². The molecule has 1 aromatic carbocycles. The van der Waals surface area contributed by atoms with E-state index in [1.807, 2.05) is 13.8 Å². The van der Waals surface area contributed by atoms with E-state index in [1.165, 1.54) is 7.05 Å². The van der Waals surface area contributed by atoms with Gasteiger partial charge in [0.25, 0.3) is 0 Å². The van der Waals surface area contributed by atoms with E-state index in [-0.39, 0.29) is 5.60 Å². The maximum absolute atomic E-state index is 11.7. The molecular weight excluding hydrogens is 238 g/mol. The SMILES string of the molecule is CNS(=O)(=O)c1ccc2c(c1)CCC(C)(C)O2. The van der Waals surface area contributed by atoms with Crippen molar-refractivity contribution in [2.45, 2.75) is 37.2 Å². The van der Waals surface area contributed by atoms with Gasteiger partial charge < -0.3 is 4.74 Å². The molecule has 0 spiro atoms. The monoisotopic (exact) mass is 255 g/mol. The predicted molar refractivity (Wildman–Crippen MR) is 65.7 cm³/mol. The van der Waals surface area contributed by atoms with E-state index < -0.39 is 10.0 Å². The standard InChI is InChI=1S/C12H17NO3S/c1-12(2)7-6-9-8-10(17(14,15)13-3)4-5-11(9)16-12/h4-5,8,13H,6-7H2,1-3H3. The zero-order chi connectivity index (χ0) is 12.7. The fourth-order valence-electron chi connectivity index (χ4n) is 1.92. The van der Waals surface area contributed by atoms with Crippen LogP contribution in [0, 0.1) is 0 Å². The Morgan fingerprint density at radius 3 is 2.71 bits per heavy atom. The fraction of sp³-hybridized carbons (Fsp3) is 0.500. The van der Waals surface area contributed by atoms with Gasteiger partial charge in [-0.05, 0) is 57.5 Å². The fourth-order valence-corrected chi connectivity index (χ4v) is 2.70. The molecule has 1 aliphatic heterocycles. The Morgan fingerprint density at radius 2 is 2.06 bits per heavy atom. The van der Waals surface area contributed by atoms with Gasteiger partial charge >= 0.3 is 0 Å². The van der Waals surface area contributed by atoms with Crippen molar-refractivity contribution in [2.24, 2.45) is 0 Å². The van der Waals surface area contributed by atoms with Gasteiger partial charge in [0.1, 0.15) is 11.4 Å². The maximum Gasteiger partial charge on any atom is 0.240 e. The Hall–Kier alpha value is -1.07. The molecule has 0 fully saturated rings. The van der Waals surface area contributed by atoms with Gasteiger partial charge in [-0.1, -0.05) is 0 Å². The molecule has 0 aromatic heterocycles. The molecule has 1 aliphatic rings. The second-order valence-electron chi connectivity index (χ2n) is 4.84. The highest BCUT2D eigenvalue weighted by molar-refractivity contribution is 7.89. The third-order valence-electron chi connectivity index (χ3n) is 2.99. The summed E-state index contributed by atoms with van der Waals surface area (Å²) in [6.07, 6.45) is 1.73. The average Bonchev–Trinajstić information content (AvgIpc) is 2.27.